The van der Waals surface area contributed by atoms with Gasteiger partial charge in [0.1, 0.15) is 17.9 Å². The van der Waals surface area contributed by atoms with Crippen molar-refractivity contribution in [1.82, 2.24) is 9.88 Å². The number of benzene rings is 2. The van der Waals surface area contributed by atoms with E-state index in [2.05, 4.69) is 32.1 Å². The first-order chi connectivity index (χ1) is 18.7. The van der Waals surface area contributed by atoms with Crippen molar-refractivity contribution in [3.63, 3.8) is 0 Å². The van der Waals surface area contributed by atoms with Crippen LogP contribution in [0.2, 0.25) is 5.02 Å². The van der Waals surface area contributed by atoms with E-state index in [0.29, 0.717) is 37.7 Å². The van der Waals surface area contributed by atoms with Crippen LogP contribution in [-0.2, 0) is 17.7 Å². The molecule has 0 saturated carbocycles. The fraction of sp³-hybridized carbons (Fsp3) is 0.367. The third-order valence-electron chi connectivity index (χ3n) is 7.67. The van der Waals surface area contributed by atoms with Crippen molar-refractivity contribution < 1.29 is 14.9 Å². The molecule has 2 aromatic carbocycles. The Balaban J connectivity index is 1.39. The van der Waals surface area contributed by atoms with Crippen molar-refractivity contribution in [3.05, 3.63) is 110 Å². The smallest absolute Gasteiger partial charge is 0.131 e. The lowest BCUT2D eigenvalue weighted by molar-refractivity contribution is 0.00244. The Bertz CT molecular complexity index is 1430. The molecule has 0 amide bonds. The molecule has 5 rings (SSSR count). The third-order valence-corrected chi connectivity index (χ3v) is 7.93. The second-order valence-corrected chi connectivity index (χ2v) is 11.1. The quantitative estimate of drug-likeness (QED) is 0.226. The number of rotatable bonds is 6. The molecule has 1 fully saturated rings. The molecule has 202 valence electrons. The number of aliphatic hydroxyl groups is 2. The highest BCUT2D eigenvalue weighted by molar-refractivity contribution is 6.30. The van der Waals surface area contributed by atoms with Crippen LogP contribution in [0.1, 0.15) is 54.6 Å². The van der Waals surface area contributed by atoms with Gasteiger partial charge in [0.2, 0.25) is 0 Å². The molecule has 1 saturated heterocycles. The van der Waals surface area contributed by atoms with Crippen molar-refractivity contribution in [2.75, 3.05) is 19.6 Å². The Hall–Kier alpha value is -3.39. The van der Waals surface area contributed by atoms with E-state index >= 15 is 0 Å². The first-order valence-corrected chi connectivity index (χ1v) is 13.5. The molecule has 3 heterocycles. The third kappa shape index (κ3) is 5.53. The van der Waals surface area contributed by atoms with E-state index in [1.165, 1.54) is 0 Å². The minimum atomic E-state index is -1.02. The highest BCUT2D eigenvalue weighted by atomic mass is 35.5. The number of hydrogen-bond donors (Lipinski definition) is 2. The van der Waals surface area contributed by atoms with Gasteiger partial charge in [-0.25, -0.2) is 0 Å². The fourth-order valence-electron chi connectivity index (χ4n) is 5.46. The number of piperidine rings is 1. The van der Waals surface area contributed by atoms with E-state index in [1.54, 1.807) is 32.2 Å². The standard InChI is InChI=1S/C30H32ClN5O3/c1-29(2,38)21-9-12-27-25(17-21)23(24-5-3-14-33-26(24)19-39-27)6-4-15-36-16-13-30(34-35-32,28(37)18-36)20-7-10-22(31)11-8-20/h3,5-12,14,17,28,37-38H,4,13,15-16,18-19H2,1-2H3. The summed E-state index contributed by atoms with van der Waals surface area (Å²) in [4.78, 5) is 9.81. The van der Waals surface area contributed by atoms with Crippen molar-refractivity contribution in [2.24, 2.45) is 5.11 Å². The van der Waals surface area contributed by atoms with Crippen LogP contribution in [0, 0.1) is 0 Å². The Morgan fingerprint density at radius 3 is 2.74 bits per heavy atom. The van der Waals surface area contributed by atoms with Gasteiger partial charge in [-0.05, 0) is 85.8 Å². The summed E-state index contributed by atoms with van der Waals surface area (Å²) < 4.78 is 6.10. The molecule has 39 heavy (non-hydrogen) atoms. The lowest BCUT2D eigenvalue weighted by Crippen LogP contribution is -2.52. The summed E-state index contributed by atoms with van der Waals surface area (Å²) in [5, 5.41) is 26.5. The van der Waals surface area contributed by atoms with Gasteiger partial charge >= 0.3 is 0 Å². The molecule has 0 bridgehead atoms. The second kappa shape index (κ2) is 11.0. The lowest BCUT2D eigenvalue weighted by Gasteiger charge is -2.43. The number of aliphatic hydroxyl groups excluding tert-OH is 1. The maximum Gasteiger partial charge on any atom is 0.131 e. The monoisotopic (exact) mass is 545 g/mol. The predicted molar refractivity (Wildman–Crippen MR) is 151 cm³/mol. The van der Waals surface area contributed by atoms with Crippen LogP contribution in [0.25, 0.3) is 16.0 Å². The predicted octanol–water partition coefficient (Wildman–Crippen LogP) is 5.95. The molecular weight excluding hydrogens is 514 g/mol. The highest BCUT2D eigenvalue weighted by Crippen LogP contribution is 2.40. The highest BCUT2D eigenvalue weighted by Gasteiger charge is 2.43. The Kier molecular flexibility index (Phi) is 7.67. The first kappa shape index (κ1) is 27.2. The average molecular weight is 546 g/mol. The van der Waals surface area contributed by atoms with Gasteiger partial charge in [0.15, 0.2) is 0 Å². The minimum absolute atomic E-state index is 0.368. The molecule has 8 nitrogen and oxygen atoms in total. The van der Waals surface area contributed by atoms with Crippen LogP contribution in [0.15, 0.2) is 72.0 Å². The molecule has 2 aliphatic heterocycles. The maximum atomic E-state index is 11.2. The molecule has 2 aliphatic rings. The number of β-amino-alcohol motifs (C(OH)–C–C–N with tert-alkyl or cyclic N) is 1. The Morgan fingerprint density at radius 1 is 1.23 bits per heavy atom. The number of likely N-dealkylation sites (tertiary alicyclic amines) is 1. The van der Waals surface area contributed by atoms with E-state index in [-0.39, 0.29) is 0 Å². The van der Waals surface area contributed by atoms with Gasteiger partial charge in [-0.15, -0.1) is 0 Å². The van der Waals surface area contributed by atoms with Crippen molar-refractivity contribution >= 4 is 17.2 Å². The van der Waals surface area contributed by atoms with Crippen LogP contribution >= 0.6 is 11.6 Å². The summed E-state index contributed by atoms with van der Waals surface area (Å²) in [5.74, 6) is 0.753. The van der Waals surface area contributed by atoms with Crippen molar-refractivity contribution in [3.8, 4) is 5.75 Å². The molecule has 2 unspecified atom stereocenters. The van der Waals surface area contributed by atoms with Crippen molar-refractivity contribution in [1.29, 1.82) is 0 Å². The molecule has 0 radical (unpaired) electrons. The van der Waals surface area contributed by atoms with E-state index in [4.69, 9.17) is 16.3 Å². The summed E-state index contributed by atoms with van der Waals surface area (Å²) in [6, 6.07) is 16.9. The number of aromatic nitrogens is 1. The average Bonchev–Trinajstić information content (AvgIpc) is 3.07. The van der Waals surface area contributed by atoms with Crippen LogP contribution in [0.4, 0.5) is 0 Å². The molecule has 9 heteroatoms. The number of azide groups is 1. The van der Waals surface area contributed by atoms with Crippen LogP contribution in [-0.4, -0.2) is 45.8 Å². The van der Waals surface area contributed by atoms with Gasteiger partial charge in [0.25, 0.3) is 0 Å². The van der Waals surface area contributed by atoms with E-state index in [9.17, 15) is 15.7 Å². The molecular formula is C30H32ClN5O3. The summed E-state index contributed by atoms with van der Waals surface area (Å²) in [7, 11) is 0. The van der Waals surface area contributed by atoms with E-state index in [1.807, 2.05) is 36.4 Å². The van der Waals surface area contributed by atoms with Crippen LogP contribution in [0.3, 0.4) is 0 Å². The number of fused-ring (bicyclic) bond motifs is 2. The molecule has 1 aromatic heterocycles. The van der Waals surface area contributed by atoms with Gasteiger partial charge in [0.05, 0.1) is 17.4 Å². The van der Waals surface area contributed by atoms with Gasteiger partial charge in [-0.1, -0.05) is 47.1 Å². The lowest BCUT2D eigenvalue weighted by atomic mass is 9.79. The van der Waals surface area contributed by atoms with E-state index in [0.717, 1.165) is 45.7 Å². The Morgan fingerprint density at radius 2 is 2.03 bits per heavy atom. The summed E-state index contributed by atoms with van der Waals surface area (Å²) in [5.41, 5.74) is 12.6. The van der Waals surface area contributed by atoms with Crippen LogP contribution in [0.5, 0.6) is 5.75 Å². The van der Waals surface area contributed by atoms with Gasteiger partial charge in [-0.2, -0.15) is 0 Å². The molecule has 3 aromatic rings. The van der Waals surface area contributed by atoms with Gasteiger partial charge in [-0.3, -0.25) is 4.98 Å². The van der Waals surface area contributed by atoms with Crippen LogP contribution < -0.4 is 4.74 Å². The summed E-state index contributed by atoms with van der Waals surface area (Å²) >= 11 is 6.05. The number of ether oxygens (including phenoxy) is 1. The molecule has 2 atom stereocenters. The zero-order valence-corrected chi connectivity index (χ0v) is 22.8. The SMILES string of the molecule is CC(C)(O)c1ccc2c(c1)C(=CCCN1CCC(N=[N+]=[N-])(c3ccc(Cl)cc3)C(O)C1)c1cccnc1CO2. The normalized spacial score (nSPS) is 22.3. The number of nitrogens with zero attached hydrogens (tertiary/aromatic N) is 5. The minimum Gasteiger partial charge on any atom is -0.487 e. The molecule has 2 N–H and O–H groups in total. The zero-order chi connectivity index (χ0) is 27.6. The topological polar surface area (TPSA) is 115 Å². The first-order valence-electron chi connectivity index (χ1n) is 13.1. The van der Waals surface area contributed by atoms with Crippen molar-refractivity contribution in [2.45, 2.75) is 50.5 Å². The largest absolute Gasteiger partial charge is 0.487 e. The maximum absolute atomic E-state index is 11.2. The number of hydrogen-bond acceptors (Lipinski definition) is 6. The van der Waals surface area contributed by atoms with Gasteiger partial charge < -0.3 is 19.8 Å². The second-order valence-electron chi connectivity index (χ2n) is 10.6. The molecule has 0 aliphatic carbocycles. The number of pyridine rings is 1. The number of halogens is 1. The molecule has 0 spiro atoms. The zero-order valence-electron chi connectivity index (χ0n) is 22.1. The van der Waals surface area contributed by atoms with E-state index < -0.39 is 17.2 Å². The fourth-order valence-corrected chi connectivity index (χ4v) is 5.59. The van der Waals surface area contributed by atoms with Gasteiger partial charge in [0, 0.05) is 40.3 Å². The summed E-state index contributed by atoms with van der Waals surface area (Å²) in [6.45, 7) is 5.67. The Labute approximate surface area is 233 Å². The summed E-state index contributed by atoms with van der Waals surface area (Å²) in [6.07, 6.45) is 4.31.